The first-order valence-corrected chi connectivity index (χ1v) is 11.8. The highest BCUT2D eigenvalue weighted by Gasteiger charge is 2.27. The van der Waals surface area contributed by atoms with Crippen molar-refractivity contribution in [3.05, 3.63) is 29.8 Å². The zero-order valence-electron chi connectivity index (χ0n) is 19.7. The molecule has 1 heterocycles. The molecule has 2 atom stereocenters. The summed E-state index contributed by atoms with van der Waals surface area (Å²) in [4.78, 5) is 26.4. The molecule has 0 aliphatic heterocycles. The number of hydrogen-bond donors (Lipinski definition) is 3. The van der Waals surface area contributed by atoms with Gasteiger partial charge in [-0.05, 0) is 37.0 Å². The topological polar surface area (TPSA) is 115 Å². The van der Waals surface area contributed by atoms with Crippen molar-refractivity contribution in [2.45, 2.75) is 64.5 Å². The quantitative estimate of drug-likeness (QED) is 0.370. The smallest absolute Gasteiger partial charge is 0.289 e. The van der Waals surface area contributed by atoms with Crippen LogP contribution in [0.3, 0.4) is 0 Å². The maximum atomic E-state index is 14.1. The van der Waals surface area contributed by atoms with E-state index in [1.165, 1.54) is 12.1 Å². The predicted octanol–water partition coefficient (Wildman–Crippen LogP) is 3.66. The molecule has 1 aromatic carbocycles. The summed E-state index contributed by atoms with van der Waals surface area (Å²) in [7, 11) is 1.58. The second-order valence-corrected chi connectivity index (χ2v) is 8.61. The van der Waals surface area contributed by atoms with Gasteiger partial charge in [0.15, 0.2) is 0 Å². The number of ether oxygens (including phenoxy) is 1. The molecule has 0 bridgehead atoms. The van der Waals surface area contributed by atoms with E-state index in [2.05, 4.69) is 39.4 Å². The van der Waals surface area contributed by atoms with E-state index in [0.29, 0.717) is 35.0 Å². The van der Waals surface area contributed by atoms with Crippen molar-refractivity contribution in [2.75, 3.05) is 25.6 Å². The molecule has 1 amide bonds. The Bertz CT molecular complexity index is 979. The van der Waals surface area contributed by atoms with Gasteiger partial charge in [-0.1, -0.05) is 39.5 Å². The van der Waals surface area contributed by atoms with Gasteiger partial charge in [-0.15, -0.1) is 0 Å². The number of nitrogens with one attached hydrogen (secondary N) is 2. The van der Waals surface area contributed by atoms with Crippen LogP contribution in [0.15, 0.2) is 23.2 Å². The number of nitrogens with zero attached hydrogens (tertiary/aromatic N) is 3. The number of aliphatic imine (C=N–C) groups is 1. The van der Waals surface area contributed by atoms with Crippen LogP contribution >= 0.6 is 0 Å². The first kappa shape index (κ1) is 24.8. The van der Waals surface area contributed by atoms with Gasteiger partial charge in [0.25, 0.3) is 5.91 Å². The lowest BCUT2D eigenvalue weighted by atomic mass is 9.90. The molecule has 0 saturated heterocycles. The Morgan fingerprint density at radius 1 is 1.27 bits per heavy atom. The van der Waals surface area contributed by atoms with Crippen molar-refractivity contribution < 1.29 is 13.9 Å². The van der Waals surface area contributed by atoms with Gasteiger partial charge in [-0.2, -0.15) is 0 Å². The molecule has 1 aliphatic rings. The van der Waals surface area contributed by atoms with Gasteiger partial charge in [0.2, 0.25) is 5.82 Å². The van der Waals surface area contributed by atoms with E-state index in [4.69, 9.17) is 10.5 Å². The summed E-state index contributed by atoms with van der Waals surface area (Å²) in [6.07, 6.45) is 5.80. The number of benzene rings is 1. The van der Waals surface area contributed by atoms with Crippen LogP contribution in [0.4, 0.5) is 10.2 Å². The molecule has 1 aliphatic carbocycles. The molecule has 3 rings (SSSR count). The number of amidine groups is 1. The minimum absolute atomic E-state index is 0.0454. The van der Waals surface area contributed by atoms with Crippen LogP contribution in [0.25, 0.3) is 10.9 Å². The van der Waals surface area contributed by atoms with Gasteiger partial charge in [0, 0.05) is 25.1 Å². The maximum absolute atomic E-state index is 14.1. The van der Waals surface area contributed by atoms with Crippen molar-refractivity contribution in [1.82, 2.24) is 15.3 Å². The number of halogens is 1. The van der Waals surface area contributed by atoms with Crippen LogP contribution < -0.4 is 16.4 Å². The number of carbonyl (C=O) groups is 1. The highest BCUT2D eigenvalue weighted by atomic mass is 19.1. The average molecular weight is 459 g/mol. The van der Waals surface area contributed by atoms with Gasteiger partial charge in [-0.25, -0.2) is 14.4 Å². The normalized spacial score (nSPS) is 19.1. The molecular weight excluding hydrogens is 423 g/mol. The van der Waals surface area contributed by atoms with Crippen molar-refractivity contribution in [1.29, 1.82) is 0 Å². The standard InChI is InChI=1S/C24H35FN6O2/c1-4-15(5-2)13-27-24(32)23-29-18-11-10-16(25)12-17(18)22(31-23)30-20-9-7-6-8-19(20)28-21(26)14-33-3/h10-12,15,19-20H,4-9,13-14H2,1-3H3,(H2,26,28)(H,27,32)(H,29,30,31)/t19-,20+/m1/s1. The summed E-state index contributed by atoms with van der Waals surface area (Å²) in [5.74, 6) is 0.624. The number of methoxy groups -OCH3 is 1. The van der Waals surface area contributed by atoms with Crippen molar-refractivity contribution in [2.24, 2.45) is 16.6 Å². The molecule has 8 nitrogen and oxygen atoms in total. The molecule has 0 radical (unpaired) electrons. The fourth-order valence-electron chi connectivity index (χ4n) is 4.21. The Morgan fingerprint density at radius 3 is 2.76 bits per heavy atom. The molecule has 0 spiro atoms. The molecular formula is C24H35FN6O2. The summed E-state index contributed by atoms with van der Waals surface area (Å²) in [6, 6.07) is 4.20. The SMILES string of the molecule is CCC(CC)CNC(=O)c1nc(N[C@H]2CCCC[C@H]2N=C(N)COC)c2cc(F)ccc2n1. The van der Waals surface area contributed by atoms with Gasteiger partial charge >= 0.3 is 0 Å². The summed E-state index contributed by atoms with van der Waals surface area (Å²) in [6.45, 7) is 5.04. The molecule has 9 heteroatoms. The third-order valence-electron chi connectivity index (χ3n) is 6.24. The number of anilines is 1. The largest absolute Gasteiger partial charge is 0.386 e. The number of rotatable bonds is 10. The highest BCUT2D eigenvalue weighted by molar-refractivity contribution is 5.96. The molecule has 1 fully saturated rings. The van der Waals surface area contributed by atoms with E-state index >= 15 is 0 Å². The lowest BCUT2D eigenvalue weighted by molar-refractivity contribution is 0.0936. The number of fused-ring (bicyclic) bond motifs is 1. The van der Waals surface area contributed by atoms with Gasteiger partial charge < -0.3 is 21.1 Å². The molecule has 4 N–H and O–H groups in total. The summed E-state index contributed by atoms with van der Waals surface area (Å²) in [5.41, 5.74) is 6.51. The molecule has 1 aromatic heterocycles. The lowest BCUT2D eigenvalue weighted by Crippen LogP contribution is -2.38. The zero-order chi connectivity index (χ0) is 23.8. The van der Waals surface area contributed by atoms with Crippen LogP contribution in [0.5, 0.6) is 0 Å². The van der Waals surface area contributed by atoms with E-state index < -0.39 is 0 Å². The first-order valence-electron chi connectivity index (χ1n) is 11.8. The number of nitrogens with two attached hydrogens (primary N) is 1. The fourth-order valence-corrected chi connectivity index (χ4v) is 4.21. The maximum Gasteiger partial charge on any atom is 0.289 e. The van der Waals surface area contributed by atoms with Crippen LogP contribution in [-0.4, -0.2) is 54.1 Å². The third kappa shape index (κ3) is 6.60. The molecule has 0 unspecified atom stereocenters. The first-order chi connectivity index (χ1) is 15.9. The Labute approximate surface area is 194 Å². The van der Waals surface area contributed by atoms with Crippen molar-refractivity contribution in [3.8, 4) is 0 Å². The number of carbonyl (C=O) groups excluding carboxylic acids is 1. The minimum atomic E-state index is -0.386. The van der Waals surface area contributed by atoms with E-state index in [9.17, 15) is 9.18 Å². The second-order valence-electron chi connectivity index (χ2n) is 8.61. The molecule has 180 valence electrons. The Morgan fingerprint density at radius 2 is 2.03 bits per heavy atom. The highest BCUT2D eigenvalue weighted by Crippen LogP contribution is 2.28. The monoisotopic (exact) mass is 458 g/mol. The lowest BCUT2D eigenvalue weighted by Gasteiger charge is -2.30. The number of hydrogen-bond acceptors (Lipinski definition) is 6. The molecule has 2 aromatic rings. The van der Waals surface area contributed by atoms with Crippen LogP contribution in [0.2, 0.25) is 0 Å². The van der Waals surface area contributed by atoms with Crippen LogP contribution in [0.1, 0.15) is 63.0 Å². The fraction of sp³-hybridized carbons (Fsp3) is 0.583. The van der Waals surface area contributed by atoms with E-state index in [1.54, 1.807) is 13.2 Å². The number of amides is 1. The van der Waals surface area contributed by atoms with Gasteiger partial charge in [0.05, 0.1) is 11.6 Å². The van der Waals surface area contributed by atoms with Gasteiger partial charge in [-0.3, -0.25) is 9.79 Å². The second kappa shape index (κ2) is 11.9. The summed E-state index contributed by atoms with van der Waals surface area (Å²) >= 11 is 0. The van der Waals surface area contributed by atoms with Crippen LogP contribution in [-0.2, 0) is 4.74 Å². The van der Waals surface area contributed by atoms with Crippen molar-refractivity contribution in [3.63, 3.8) is 0 Å². The Kier molecular flexibility index (Phi) is 8.94. The minimum Gasteiger partial charge on any atom is -0.386 e. The van der Waals surface area contributed by atoms with Crippen LogP contribution in [0, 0.1) is 11.7 Å². The van der Waals surface area contributed by atoms with E-state index in [-0.39, 0.29) is 36.2 Å². The summed E-state index contributed by atoms with van der Waals surface area (Å²) < 4.78 is 19.1. The third-order valence-corrected chi connectivity index (χ3v) is 6.24. The van der Waals surface area contributed by atoms with Crippen molar-refractivity contribution >= 4 is 28.5 Å². The number of aromatic nitrogens is 2. The zero-order valence-corrected chi connectivity index (χ0v) is 19.7. The predicted molar refractivity (Wildman–Crippen MR) is 129 cm³/mol. The average Bonchev–Trinajstić information content (AvgIpc) is 2.81. The van der Waals surface area contributed by atoms with E-state index in [1.807, 2.05) is 0 Å². The Balaban J connectivity index is 1.90. The molecule has 33 heavy (non-hydrogen) atoms. The van der Waals surface area contributed by atoms with Gasteiger partial charge in [0.1, 0.15) is 24.1 Å². The Hall–Kier alpha value is -2.81. The van der Waals surface area contributed by atoms with E-state index in [0.717, 1.165) is 38.5 Å². The summed E-state index contributed by atoms with van der Waals surface area (Å²) in [5, 5.41) is 6.90. The molecule has 1 saturated carbocycles.